The highest BCUT2D eigenvalue weighted by molar-refractivity contribution is 5.85. The fourth-order valence-corrected chi connectivity index (χ4v) is 7.91. The third kappa shape index (κ3) is 7.47. The molecule has 0 spiro atoms. The van der Waals surface area contributed by atoms with E-state index in [1.165, 1.54) is 5.56 Å². The zero-order valence-electron chi connectivity index (χ0n) is 30.3. The second-order valence-electron chi connectivity index (χ2n) is 14.0. The minimum Gasteiger partial charge on any atom is -0.493 e. The summed E-state index contributed by atoms with van der Waals surface area (Å²) in [6, 6.07) is 26.4. The van der Waals surface area contributed by atoms with E-state index in [4.69, 9.17) is 23.6 Å². The summed E-state index contributed by atoms with van der Waals surface area (Å²) in [4.78, 5) is 23.9. The molecular weight excluding hydrogens is 658 g/mol. The number of carbonyl (C=O) groups is 1. The van der Waals surface area contributed by atoms with Gasteiger partial charge < -0.3 is 43.4 Å². The molecule has 7 rings (SSSR count). The smallest absolute Gasteiger partial charge is 0.229 e. The van der Waals surface area contributed by atoms with E-state index in [9.17, 15) is 9.90 Å². The number of amides is 1. The molecule has 5 aromatic rings. The van der Waals surface area contributed by atoms with Crippen LogP contribution < -0.4 is 19.5 Å². The van der Waals surface area contributed by atoms with E-state index in [0.717, 1.165) is 80.0 Å². The molecule has 0 saturated carbocycles. The topological polar surface area (TPSA) is 114 Å². The molecule has 4 heterocycles. The van der Waals surface area contributed by atoms with Crippen LogP contribution in [0.25, 0.3) is 11.0 Å². The monoisotopic (exact) mass is 707 g/mol. The number of aromatic nitrogens is 2. The lowest BCUT2D eigenvalue weighted by Crippen LogP contribution is -2.43. The first-order valence-electron chi connectivity index (χ1n) is 18.2. The molecule has 0 bridgehead atoms. The SMILES string of the molecule is COc1cc(CN2CCC(CCN3CCC(Nc4nc5ccccc5n4Cc4ccc(CO)o4)CC3)(Cc3ccccc3)C2=O)cc(OC)c1OC. The van der Waals surface area contributed by atoms with Gasteiger partial charge in [-0.05, 0) is 86.2 Å². The molecule has 52 heavy (non-hydrogen) atoms. The Bertz CT molecular complexity index is 1940. The first-order valence-corrected chi connectivity index (χ1v) is 18.2. The van der Waals surface area contributed by atoms with E-state index in [2.05, 4.69) is 45.1 Å². The molecule has 1 unspecified atom stereocenters. The summed E-state index contributed by atoms with van der Waals surface area (Å²) >= 11 is 0. The quantitative estimate of drug-likeness (QED) is 0.133. The number of methoxy groups -OCH3 is 3. The van der Waals surface area contributed by atoms with Gasteiger partial charge in [-0.15, -0.1) is 0 Å². The molecule has 274 valence electrons. The number of aliphatic hydroxyl groups excluding tert-OH is 1. The predicted molar refractivity (Wildman–Crippen MR) is 200 cm³/mol. The number of piperidine rings is 1. The normalized spacial score (nSPS) is 18.3. The number of furan rings is 1. The lowest BCUT2D eigenvalue weighted by molar-refractivity contribution is -0.137. The van der Waals surface area contributed by atoms with Crippen molar-refractivity contribution in [3.8, 4) is 17.2 Å². The highest BCUT2D eigenvalue weighted by Crippen LogP contribution is 2.42. The van der Waals surface area contributed by atoms with Crippen molar-refractivity contribution >= 4 is 22.9 Å². The van der Waals surface area contributed by atoms with Crippen LogP contribution in [0.3, 0.4) is 0 Å². The standard InChI is InChI=1S/C41H49N5O6/c1-49-36-23-30(24-37(50-2)38(36)51-3)26-45-22-18-41(39(45)48,25-29-9-5-4-6-10-29)17-21-44-19-15-31(16-20-44)42-40-43-34-11-7-8-12-35(34)46(40)27-32-13-14-33(28-47)52-32/h4-14,23-24,31,47H,15-22,25-28H2,1-3H3,(H,42,43). The van der Waals surface area contributed by atoms with Crippen LogP contribution in [0, 0.1) is 5.41 Å². The second-order valence-corrected chi connectivity index (χ2v) is 14.0. The molecular formula is C41H49N5O6. The summed E-state index contributed by atoms with van der Waals surface area (Å²) in [5.41, 5.74) is 3.64. The van der Waals surface area contributed by atoms with Gasteiger partial charge in [0.1, 0.15) is 18.1 Å². The molecule has 11 nitrogen and oxygen atoms in total. The Hall–Kier alpha value is -5.00. The summed E-state index contributed by atoms with van der Waals surface area (Å²) in [5, 5.41) is 13.2. The average Bonchev–Trinajstić information content (AvgIpc) is 3.87. The van der Waals surface area contributed by atoms with Crippen molar-refractivity contribution in [1.82, 2.24) is 19.4 Å². The maximum atomic E-state index is 14.4. The number of imidazole rings is 1. The van der Waals surface area contributed by atoms with Crippen molar-refractivity contribution in [1.29, 1.82) is 0 Å². The summed E-state index contributed by atoms with van der Waals surface area (Å²) in [5.74, 6) is 4.08. The Morgan fingerprint density at radius 1 is 0.865 bits per heavy atom. The molecule has 2 N–H and O–H groups in total. The van der Waals surface area contributed by atoms with Crippen molar-refractivity contribution in [2.75, 3.05) is 52.8 Å². The Morgan fingerprint density at radius 2 is 1.58 bits per heavy atom. The van der Waals surface area contributed by atoms with E-state index in [-0.39, 0.29) is 18.6 Å². The lowest BCUT2D eigenvalue weighted by Gasteiger charge is -2.35. The molecule has 2 fully saturated rings. The number of ether oxygens (including phenoxy) is 3. The van der Waals surface area contributed by atoms with Crippen LogP contribution in [0.15, 0.2) is 83.3 Å². The molecule has 0 aliphatic carbocycles. The van der Waals surface area contributed by atoms with Gasteiger partial charge in [-0.25, -0.2) is 4.98 Å². The summed E-state index contributed by atoms with van der Waals surface area (Å²) < 4.78 is 24.7. The van der Waals surface area contributed by atoms with Gasteiger partial charge in [0.05, 0.1) is 44.3 Å². The first kappa shape index (κ1) is 35.4. The number of benzene rings is 3. The maximum absolute atomic E-state index is 14.4. The van der Waals surface area contributed by atoms with E-state index >= 15 is 0 Å². The van der Waals surface area contributed by atoms with Gasteiger partial charge >= 0.3 is 0 Å². The van der Waals surface area contributed by atoms with Crippen molar-refractivity contribution in [3.05, 3.63) is 102 Å². The summed E-state index contributed by atoms with van der Waals surface area (Å²) in [7, 11) is 4.82. The molecule has 0 radical (unpaired) electrons. The highest BCUT2D eigenvalue weighted by atomic mass is 16.5. The maximum Gasteiger partial charge on any atom is 0.229 e. The van der Waals surface area contributed by atoms with Gasteiger partial charge in [-0.2, -0.15) is 0 Å². The van der Waals surface area contributed by atoms with Gasteiger partial charge in [-0.3, -0.25) is 4.79 Å². The number of rotatable bonds is 15. The van der Waals surface area contributed by atoms with Crippen molar-refractivity contribution in [2.45, 2.75) is 57.8 Å². The number of hydrogen-bond acceptors (Lipinski definition) is 9. The number of carbonyl (C=O) groups excluding carboxylic acids is 1. The van der Waals surface area contributed by atoms with E-state index < -0.39 is 5.41 Å². The molecule has 1 atom stereocenters. The summed E-state index contributed by atoms with van der Waals surface area (Å²) in [6.07, 6.45) is 4.30. The number of likely N-dealkylation sites (tertiary alicyclic amines) is 2. The molecule has 2 aliphatic heterocycles. The van der Waals surface area contributed by atoms with Crippen LogP contribution in [-0.4, -0.2) is 83.9 Å². The zero-order valence-corrected chi connectivity index (χ0v) is 30.3. The van der Waals surface area contributed by atoms with Gasteiger partial charge in [0.15, 0.2) is 11.5 Å². The highest BCUT2D eigenvalue weighted by Gasteiger charge is 2.46. The predicted octanol–water partition coefficient (Wildman–Crippen LogP) is 6.12. The number of aliphatic hydroxyl groups is 1. The molecule has 1 amide bonds. The number of anilines is 1. The fraction of sp³-hybridized carbons (Fsp3) is 0.415. The average molecular weight is 708 g/mol. The largest absolute Gasteiger partial charge is 0.493 e. The van der Waals surface area contributed by atoms with Crippen LogP contribution in [0.5, 0.6) is 17.2 Å². The Morgan fingerprint density at radius 3 is 2.27 bits per heavy atom. The summed E-state index contributed by atoms with van der Waals surface area (Å²) in [6.45, 7) is 4.35. The lowest BCUT2D eigenvalue weighted by atomic mass is 9.77. The molecule has 2 saturated heterocycles. The molecule has 3 aromatic carbocycles. The Balaban J connectivity index is 1.01. The Kier molecular flexibility index (Phi) is 10.7. The van der Waals surface area contributed by atoms with Crippen molar-refractivity contribution in [2.24, 2.45) is 5.41 Å². The fourth-order valence-electron chi connectivity index (χ4n) is 7.91. The van der Waals surface area contributed by atoms with Crippen LogP contribution in [-0.2, 0) is 30.9 Å². The number of nitrogens with zero attached hydrogens (tertiary/aromatic N) is 4. The number of fused-ring (bicyclic) bond motifs is 1. The van der Waals surface area contributed by atoms with Crippen LogP contribution >= 0.6 is 0 Å². The minimum atomic E-state index is -0.469. The van der Waals surface area contributed by atoms with E-state index in [0.29, 0.717) is 42.6 Å². The van der Waals surface area contributed by atoms with Gasteiger partial charge in [0.25, 0.3) is 0 Å². The van der Waals surface area contributed by atoms with Crippen LogP contribution in [0.4, 0.5) is 5.95 Å². The van der Waals surface area contributed by atoms with Crippen LogP contribution in [0.1, 0.15) is 48.3 Å². The van der Waals surface area contributed by atoms with Crippen molar-refractivity contribution < 1.29 is 28.5 Å². The zero-order chi connectivity index (χ0) is 36.1. The molecule has 11 heteroatoms. The number of nitrogens with one attached hydrogen (secondary N) is 1. The third-order valence-electron chi connectivity index (χ3n) is 10.8. The molecule has 2 aliphatic rings. The second kappa shape index (κ2) is 15.7. The third-order valence-corrected chi connectivity index (χ3v) is 10.8. The van der Waals surface area contributed by atoms with Gasteiger partial charge in [0.2, 0.25) is 17.6 Å². The first-order chi connectivity index (χ1) is 25.4. The molecule has 2 aromatic heterocycles. The number of para-hydroxylation sites is 2. The van der Waals surface area contributed by atoms with E-state index in [1.807, 2.05) is 53.4 Å². The minimum absolute atomic E-state index is 0.122. The van der Waals surface area contributed by atoms with Gasteiger partial charge in [-0.1, -0.05) is 42.5 Å². The van der Waals surface area contributed by atoms with Gasteiger partial charge in [0, 0.05) is 32.2 Å². The van der Waals surface area contributed by atoms with E-state index in [1.54, 1.807) is 21.3 Å². The Labute approximate surface area is 305 Å². The van der Waals surface area contributed by atoms with Crippen LogP contribution in [0.2, 0.25) is 0 Å². The van der Waals surface area contributed by atoms with Crippen molar-refractivity contribution in [3.63, 3.8) is 0 Å². The number of hydrogen-bond donors (Lipinski definition) is 2.